The Morgan fingerprint density at radius 3 is 2.67 bits per heavy atom. The van der Waals surface area contributed by atoms with Gasteiger partial charge in [-0.25, -0.2) is 0 Å². The average Bonchev–Trinajstić information content (AvgIpc) is 2.40. The van der Waals surface area contributed by atoms with E-state index in [9.17, 15) is 5.11 Å². The number of hydrogen-bond donors (Lipinski definition) is 1. The molecule has 0 fully saturated rings. The number of rotatable bonds is 1. The molecule has 0 saturated carbocycles. The minimum Gasteiger partial charge on any atom is -0.508 e. The van der Waals surface area contributed by atoms with Crippen molar-refractivity contribution in [2.45, 2.75) is 18.8 Å². The van der Waals surface area contributed by atoms with Gasteiger partial charge in [0, 0.05) is 12.0 Å². The lowest BCUT2D eigenvalue weighted by atomic mass is 9.81. The minimum atomic E-state index is 0.263. The fourth-order valence-electron chi connectivity index (χ4n) is 2.65. The summed E-state index contributed by atoms with van der Waals surface area (Å²) < 4.78 is 5.78. The first kappa shape index (κ1) is 11.1. The zero-order valence-corrected chi connectivity index (χ0v) is 10.3. The molecule has 2 aromatic carbocycles. The number of aromatic hydroxyl groups is 1. The van der Waals surface area contributed by atoms with Crippen LogP contribution in [0.15, 0.2) is 48.5 Å². The third-order valence-corrected chi connectivity index (χ3v) is 3.74. The number of phenolic OH excluding ortho intramolecular Hbond substituents is 1. The van der Waals surface area contributed by atoms with Gasteiger partial charge in [-0.3, -0.25) is 0 Å². The Bertz CT molecular complexity index is 548. The first-order chi connectivity index (χ1) is 8.75. The van der Waals surface area contributed by atoms with E-state index < -0.39 is 0 Å². The maximum Gasteiger partial charge on any atom is 0.126 e. The van der Waals surface area contributed by atoms with Crippen molar-refractivity contribution < 1.29 is 9.84 Å². The highest BCUT2D eigenvalue weighted by molar-refractivity contribution is 5.45. The molecule has 1 N–H and O–H groups in total. The lowest BCUT2D eigenvalue weighted by molar-refractivity contribution is 0.242. The van der Waals surface area contributed by atoms with Crippen LogP contribution in [0.25, 0.3) is 0 Å². The maximum absolute atomic E-state index is 9.48. The second-order valence-corrected chi connectivity index (χ2v) is 4.84. The van der Waals surface area contributed by atoms with E-state index in [2.05, 4.69) is 31.2 Å². The molecule has 2 heteroatoms. The van der Waals surface area contributed by atoms with Gasteiger partial charge in [-0.05, 0) is 23.1 Å². The van der Waals surface area contributed by atoms with Gasteiger partial charge in [0.05, 0.1) is 6.61 Å². The molecule has 0 bridgehead atoms. The van der Waals surface area contributed by atoms with E-state index in [1.807, 2.05) is 12.1 Å². The van der Waals surface area contributed by atoms with Gasteiger partial charge >= 0.3 is 0 Å². The monoisotopic (exact) mass is 240 g/mol. The molecule has 0 radical (unpaired) electrons. The quantitative estimate of drug-likeness (QED) is 0.824. The van der Waals surface area contributed by atoms with E-state index in [4.69, 9.17) is 4.74 Å². The Morgan fingerprint density at radius 2 is 1.89 bits per heavy atom. The van der Waals surface area contributed by atoms with Crippen LogP contribution in [0.1, 0.15) is 29.9 Å². The summed E-state index contributed by atoms with van der Waals surface area (Å²) in [6.07, 6.45) is 0. The summed E-state index contributed by atoms with van der Waals surface area (Å²) in [5.41, 5.74) is 2.48. The fraction of sp³-hybridized carbons (Fsp3) is 0.250. The number of benzene rings is 2. The summed E-state index contributed by atoms with van der Waals surface area (Å²) in [4.78, 5) is 0. The topological polar surface area (TPSA) is 29.5 Å². The average molecular weight is 240 g/mol. The minimum absolute atomic E-state index is 0.263. The molecule has 3 rings (SSSR count). The number of phenols is 1. The second kappa shape index (κ2) is 4.37. The van der Waals surface area contributed by atoms with Crippen LogP contribution >= 0.6 is 0 Å². The standard InChI is InChI=1S/C16H16O2/c1-11-14-8-7-13(17)9-16(14)18-10-15(11)12-5-3-2-4-6-12/h2-9,11,15,17H,10H2,1H3/t11-,15?/m0/s1. The smallest absolute Gasteiger partial charge is 0.126 e. The Hall–Kier alpha value is -1.96. The van der Waals surface area contributed by atoms with E-state index in [0.717, 1.165) is 5.75 Å². The summed E-state index contributed by atoms with van der Waals surface area (Å²) >= 11 is 0. The molecule has 1 aliphatic heterocycles. The van der Waals surface area contributed by atoms with Crippen molar-refractivity contribution in [3.63, 3.8) is 0 Å². The molecule has 1 unspecified atom stereocenters. The molecule has 92 valence electrons. The predicted octanol–water partition coefficient (Wildman–Crippen LogP) is 3.67. The summed E-state index contributed by atoms with van der Waals surface area (Å²) in [5.74, 6) is 1.86. The van der Waals surface area contributed by atoms with Gasteiger partial charge < -0.3 is 9.84 Å². The molecule has 0 saturated heterocycles. The summed E-state index contributed by atoms with van der Waals surface area (Å²) in [6, 6.07) is 15.8. The highest BCUT2D eigenvalue weighted by Gasteiger charge is 2.28. The van der Waals surface area contributed by atoms with E-state index in [0.29, 0.717) is 18.4 Å². The van der Waals surface area contributed by atoms with Crippen LogP contribution in [0, 0.1) is 0 Å². The second-order valence-electron chi connectivity index (χ2n) is 4.84. The van der Waals surface area contributed by atoms with E-state index in [1.165, 1.54) is 11.1 Å². The van der Waals surface area contributed by atoms with Gasteiger partial charge in [0.25, 0.3) is 0 Å². The fourth-order valence-corrected chi connectivity index (χ4v) is 2.65. The van der Waals surface area contributed by atoms with Crippen molar-refractivity contribution in [3.05, 3.63) is 59.7 Å². The first-order valence-electron chi connectivity index (χ1n) is 6.26. The molecule has 1 heterocycles. The van der Waals surface area contributed by atoms with Crippen LogP contribution in [-0.2, 0) is 0 Å². The Balaban J connectivity index is 1.97. The van der Waals surface area contributed by atoms with Crippen molar-refractivity contribution in [1.82, 2.24) is 0 Å². The maximum atomic E-state index is 9.48. The van der Waals surface area contributed by atoms with Gasteiger partial charge in [0.15, 0.2) is 0 Å². The Labute approximate surface area is 107 Å². The van der Waals surface area contributed by atoms with Gasteiger partial charge in [0.2, 0.25) is 0 Å². The predicted molar refractivity (Wildman–Crippen MR) is 71.2 cm³/mol. The van der Waals surface area contributed by atoms with Crippen molar-refractivity contribution in [2.75, 3.05) is 6.61 Å². The van der Waals surface area contributed by atoms with Gasteiger partial charge in [-0.1, -0.05) is 43.3 Å². The Kier molecular flexibility index (Phi) is 2.71. The SMILES string of the molecule is C[C@H]1c2ccc(O)cc2OCC1c1ccccc1. The zero-order chi connectivity index (χ0) is 12.5. The third-order valence-electron chi connectivity index (χ3n) is 3.74. The summed E-state index contributed by atoms with van der Waals surface area (Å²) in [6.45, 7) is 2.89. The molecule has 0 spiro atoms. The molecule has 2 atom stereocenters. The molecule has 0 aromatic heterocycles. The van der Waals surface area contributed by atoms with Crippen LogP contribution < -0.4 is 4.74 Å². The van der Waals surface area contributed by atoms with Crippen LogP contribution in [0.2, 0.25) is 0 Å². The Morgan fingerprint density at radius 1 is 1.11 bits per heavy atom. The highest BCUT2D eigenvalue weighted by atomic mass is 16.5. The third kappa shape index (κ3) is 1.84. The van der Waals surface area contributed by atoms with E-state index in [-0.39, 0.29) is 5.75 Å². The molecule has 2 nitrogen and oxygen atoms in total. The van der Waals surface area contributed by atoms with Crippen LogP contribution in [0.4, 0.5) is 0 Å². The van der Waals surface area contributed by atoms with E-state index in [1.54, 1.807) is 12.1 Å². The lowest BCUT2D eigenvalue weighted by Gasteiger charge is -2.31. The molecular weight excluding hydrogens is 224 g/mol. The van der Waals surface area contributed by atoms with Crippen molar-refractivity contribution in [1.29, 1.82) is 0 Å². The molecule has 2 aromatic rings. The molecule has 1 aliphatic rings. The summed E-state index contributed by atoms with van der Waals surface area (Å²) in [5, 5.41) is 9.48. The van der Waals surface area contributed by atoms with E-state index >= 15 is 0 Å². The molecular formula is C16H16O2. The van der Waals surface area contributed by atoms with Gasteiger partial charge in [0.1, 0.15) is 11.5 Å². The first-order valence-corrected chi connectivity index (χ1v) is 6.26. The normalized spacial score (nSPS) is 22.1. The number of ether oxygens (including phenoxy) is 1. The van der Waals surface area contributed by atoms with Gasteiger partial charge in [-0.2, -0.15) is 0 Å². The molecule has 0 aliphatic carbocycles. The van der Waals surface area contributed by atoms with Crippen molar-refractivity contribution >= 4 is 0 Å². The number of fused-ring (bicyclic) bond motifs is 1. The highest BCUT2D eigenvalue weighted by Crippen LogP contribution is 2.42. The molecule has 18 heavy (non-hydrogen) atoms. The van der Waals surface area contributed by atoms with Crippen LogP contribution in [-0.4, -0.2) is 11.7 Å². The van der Waals surface area contributed by atoms with Crippen molar-refractivity contribution in [2.24, 2.45) is 0 Å². The van der Waals surface area contributed by atoms with Gasteiger partial charge in [-0.15, -0.1) is 0 Å². The van der Waals surface area contributed by atoms with Crippen LogP contribution in [0.3, 0.4) is 0 Å². The van der Waals surface area contributed by atoms with Crippen molar-refractivity contribution in [3.8, 4) is 11.5 Å². The molecule has 0 amide bonds. The largest absolute Gasteiger partial charge is 0.508 e. The van der Waals surface area contributed by atoms with Crippen LogP contribution in [0.5, 0.6) is 11.5 Å². The zero-order valence-electron chi connectivity index (χ0n) is 10.3. The summed E-state index contributed by atoms with van der Waals surface area (Å²) in [7, 11) is 0. The lowest BCUT2D eigenvalue weighted by Crippen LogP contribution is -2.22. The number of hydrogen-bond acceptors (Lipinski definition) is 2.